The van der Waals surface area contributed by atoms with Gasteiger partial charge in [0.1, 0.15) is 0 Å². The van der Waals surface area contributed by atoms with Gasteiger partial charge >= 0.3 is 5.13 Å². The Morgan fingerprint density at radius 3 is 2.69 bits per heavy atom. The van der Waals surface area contributed by atoms with Crippen LogP contribution in [0.25, 0.3) is 6.08 Å². The third-order valence-electron chi connectivity index (χ3n) is 1.10. The molecule has 1 aromatic heterocycles. The number of rotatable bonds is 3. The summed E-state index contributed by atoms with van der Waals surface area (Å²) in [5, 5.41) is 17.6. The lowest BCUT2D eigenvalue weighted by Crippen LogP contribution is -1.99. The Kier molecular flexibility index (Phi) is 2.91. The molecule has 0 amide bonds. The van der Waals surface area contributed by atoms with Gasteiger partial charge in [0.25, 0.3) is 0 Å². The minimum Gasteiger partial charge on any atom is -0.383 e. The molecule has 0 aliphatic carbocycles. The van der Waals surface area contributed by atoms with Crippen LogP contribution in [0.1, 0.15) is 5.01 Å². The van der Waals surface area contributed by atoms with Gasteiger partial charge in [-0.15, -0.1) is 0 Å². The van der Waals surface area contributed by atoms with Crippen molar-refractivity contribution in [2.45, 2.75) is 0 Å². The van der Waals surface area contributed by atoms with Crippen LogP contribution in [0.5, 0.6) is 0 Å². The van der Waals surface area contributed by atoms with E-state index in [9.17, 15) is 10.1 Å². The first-order valence-electron chi connectivity index (χ1n) is 3.42. The Morgan fingerprint density at radius 2 is 2.23 bits per heavy atom. The molecule has 70 valence electrons. The van der Waals surface area contributed by atoms with Crippen LogP contribution in [0, 0.1) is 10.1 Å². The molecule has 0 radical (unpaired) electrons. The molecule has 0 aliphatic rings. The maximum Gasteiger partial charge on any atom is 0.450 e. The van der Waals surface area contributed by atoms with Crippen LogP contribution in [0.15, 0.2) is 6.20 Å². The molecular weight excluding hydrogens is 192 g/mol. The smallest absolute Gasteiger partial charge is 0.383 e. The van der Waals surface area contributed by atoms with Crippen molar-refractivity contribution in [1.82, 2.24) is 15.1 Å². The molecule has 1 heterocycles. The Balaban J connectivity index is 2.75. The van der Waals surface area contributed by atoms with E-state index in [1.165, 1.54) is 0 Å². The number of nitrogens with zero attached hydrogens (tertiary/aromatic N) is 4. The monoisotopic (exact) mass is 200 g/mol. The zero-order chi connectivity index (χ0) is 9.84. The molecule has 0 atom stereocenters. The maximum atomic E-state index is 10.2. The van der Waals surface area contributed by atoms with E-state index in [-0.39, 0.29) is 5.13 Å². The summed E-state index contributed by atoms with van der Waals surface area (Å²) in [5.41, 5.74) is 0. The molecule has 1 rings (SSSR count). The summed E-state index contributed by atoms with van der Waals surface area (Å²) >= 11 is 0.948. The van der Waals surface area contributed by atoms with Crippen LogP contribution in [0.3, 0.4) is 0 Å². The van der Waals surface area contributed by atoms with Crippen LogP contribution in [-0.4, -0.2) is 34.1 Å². The largest absolute Gasteiger partial charge is 0.450 e. The average Bonchev–Trinajstić information content (AvgIpc) is 2.48. The number of hydrogen-bond acceptors (Lipinski definition) is 6. The molecule has 0 spiro atoms. The summed E-state index contributed by atoms with van der Waals surface area (Å²) in [5.74, 6) is 0. The third-order valence-corrected chi connectivity index (χ3v) is 1.94. The molecule has 0 aliphatic heterocycles. The molecule has 7 heteroatoms. The highest BCUT2D eigenvalue weighted by Crippen LogP contribution is 2.18. The standard InChI is InChI=1S/C6H8N4O2S/c1-9(2)4-3-5-7-8-6(13-5)10(11)12/h3-4H,1-2H3/b4-3+. The Morgan fingerprint density at radius 1 is 1.54 bits per heavy atom. The highest BCUT2D eigenvalue weighted by atomic mass is 32.1. The molecule has 0 unspecified atom stereocenters. The molecule has 0 aromatic carbocycles. The van der Waals surface area contributed by atoms with E-state index in [4.69, 9.17) is 0 Å². The second-order valence-electron chi connectivity index (χ2n) is 2.46. The normalized spacial score (nSPS) is 10.6. The van der Waals surface area contributed by atoms with E-state index in [0.29, 0.717) is 5.01 Å². The zero-order valence-electron chi connectivity index (χ0n) is 7.17. The average molecular weight is 200 g/mol. The predicted octanol–water partition coefficient (Wildman–Crippen LogP) is 0.979. The zero-order valence-corrected chi connectivity index (χ0v) is 7.98. The van der Waals surface area contributed by atoms with Crippen LogP contribution in [-0.2, 0) is 0 Å². The quantitative estimate of drug-likeness (QED) is 0.537. The SMILES string of the molecule is CN(C)/C=C/c1nnc([N+](=O)[O-])s1. The first kappa shape index (κ1) is 9.59. The lowest BCUT2D eigenvalue weighted by atomic mass is 10.6. The molecule has 0 N–H and O–H groups in total. The van der Waals surface area contributed by atoms with Crippen molar-refractivity contribution in [2.75, 3.05) is 14.1 Å². The van der Waals surface area contributed by atoms with Crippen molar-refractivity contribution in [3.8, 4) is 0 Å². The molecule has 13 heavy (non-hydrogen) atoms. The fourth-order valence-electron chi connectivity index (χ4n) is 0.580. The van der Waals surface area contributed by atoms with Gasteiger partial charge in [-0.1, -0.05) is 0 Å². The minimum absolute atomic E-state index is 0.182. The summed E-state index contributed by atoms with van der Waals surface area (Å²) < 4.78 is 0. The number of nitro groups is 1. The van der Waals surface area contributed by atoms with Gasteiger partial charge in [-0.05, 0) is 27.4 Å². The first-order valence-corrected chi connectivity index (χ1v) is 4.24. The van der Waals surface area contributed by atoms with Gasteiger partial charge in [-0.3, -0.25) is 0 Å². The minimum atomic E-state index is -0.551. The molecule has 0 saturated carbocycles. The van der Waals surface area contributed by atoms with Gasteiger partial charge in [0, 0.05) is 20.3 Å². The van der Waals surface area contributed by atoms with Gasteiger partial charge in [0.15, 0.2) is 5.01 Å². The van der Waals surface area contributed by atoms with Crippen molar-refractivity contribution in [2.24, 2.45) is 0 Å². The first-order chi connectivity index (χ1) is 6.09. The Bertz CT molecular complexity index is 333. The summed E-state index contributed by atoms with van der Waals surface area (Å²) in [4.78, 5) is 11.5. The molecule has 0 bridgehead atoms. The highest BCUT2D eigenvalue weighted by molar-refractivity contribution is 7.15. The van der Waals surface area contributed by atoms with Crippen molar-refractivity contribution in [1.29, 1.82) is 0 Å². The fourth-order valence-corrected chi connectivity index (χ4v) is 1.13. The fraction of sp³-hybridized carbons (Fsp3) is 0.333. The van der Waals surface area contributed by atoms with Crippen molar-refractivity contribution < 1.29 is 4.92 Å². The van der Waals surface area contributed by atoms with Crippen molar-refractivity contribution >= 4 is 22.5 Å². The molecular formula is C6H8N4O2S. The van der Waals surface area contributed by atoms with Gasteiger partial charge in [0.2, 0.25) is 0 Å². The number of hydrogen-bond donors (Lipinski definition) is 0. The van der Waals surface area contributed by atoms with Crippen LogP contribution < -0.4 is 0 Å². The third kappa shape index (κ3) is 2.79. The summed E-state index contributed by atoms with van der Waals surface area (Å²) in [6.45, 7) is 0. The van der Waals surface area contributed by atoms with E-state index in [1.54, 1.807) is 12.3 Å². The van der Waals surface area contributed by atoms with Crippen LogP contribution in [0.2, 0.25) is 0 Å². The van der Waals surface area contributed by atoms with E-state index < -0.39 is 4.92 Å². The van der Waals surface area contributed by atoms with Gasteiger partial charge in [-0.2, -0.15) is 0 Å². The summed E-state index contributed by atoms with van der Waals surface area (Å²) in [6.07, 6.45) is 3.43. The topological polar surface area (TPSA) is 72.2 Å². The van der Waals surface area contributed by atoms with Crippen molar-refractivity contribution in [3.63, 3.8) is 0 Å². The number of aromatic nitrogens is 2. The van der Waals surface area contributed by atoms with E-state index in [0.717, 1.165) is 11.3 Å². The van der Waals surface area contributed by atoms with Crippen molar-refractivity contribution in [3.05, 3.63) is 21.3 Å². The molecule has 0 saturated heterocycles. The molecule has 1 aromatic rings. The van der Waals surface area contributed by atoms with Gasteiger partial charge in [-0.25, -0.2) is 0 Å². The summed E-state index contributed by atoms with van der Waals surface area (Å²) in [6, 6.07) is 0. The molecule has 0 fully saturated rings. The van der Waals surface area contributed by atoms with E-state index >= 15 is 0 Å². The Labute approximate surface area is 78.7 Å². The lowest BCUT2D eigenvalue weighted by Gasteiger charge is -2.00. The van der Waals surface area contributed by atoms with Crippen LogP contribution in [0.4, 0.5) is 5.13 Å². The second-order valence-corrected chi connectivity index (χ2v) is 3.45. The van der Waals surface area contributed by atoms with Crippen LogP contribution >= 0.6 is 11.3 Å². The second kappa shape index (κ2) is 3.94. The highest BCUT2D eigenvalue weighted by Gasteiger charge is 2.12. The predicted molar refractivity (Wildman–Crippen MR) is 49.3 cm³/mol. The van der Waals surface area contributed by atoms with E-state index in [1.807, 2.05) is 19.0 Å². The maximum absolute atomic E-state index is 10.2. The van der Waals surface area contributed by atoms with Gasteiger partial charge < -0.3 is 15.0 Å². The lowest BCUT2D eigenvalue weighted by molar-refractivity contribution is -0.385. The summed E-state index contributed by atoms with van der Waals surface area (Å²) in [7, 11) is 3.71. The molecule has 6 nitrogen and oxygen atoms in total. The van der Waals surface area contributed by atoms with Gasteiger partial charge in [0.05, 0.1) is 5.10 Å². The Hall–Kier alpha value is -1.50. The van der Waals surface area contributed by atoms with E-state index in [2.05, 4.69) is 10.2 Å².